The Bertz CT molecular complexity index is 1480. The molecule has 0 unspecified atom stereocenters. The van der Waals surface area contributed by atoms with E-state index in [2.05, 4.69) is 5.32 Å². The highest BCUT2D eigenvalue weighted by atomic mass is 16.3. The molecule has 1 heterocycles. The number of carbonyl (C=O) groups is 4. The molecule has 5 rings (SSSR count). The number of hydrogen-bond acceptors (Lipinski definition) is 11. The fraction of sp³-hybridized carbons (Fsp3) is 0.517. The maximum Gasteiger partial charge on any atom is 0.255 e. The Labute approximate surface area is 242 Å². The molecular weight excluding hydrogens is 546 g/mol. The lowest BCUT2D eigenvalue weighted by atomic mass is 9.57. The van der Waals surface area contributed by atoms with Crippen LogP contribution in [0.4, 0.5) is 11.4 Å². The summed E-state index contributed by atoms with van der Waals surface area (Å²) in [5, 5.41) is 48.5. The molecule has 5 atom stereocenters. The van der Waals surface area contributed by atoms with E-state index in [-0.39, 0.29) is 35.6 Å². The highest BCUT2D eigenvalue weighted by molar-refractivity contribution is 6.24. The quantitative estimate of drug-likeness (QED) is 0.203. The van der Waals surface area contributed by atoms with Crippen LogP contribution in [-0.2, 0) is 25.6 Å². The highest BCUT2D eigenvalue weighted by Gasteiger charge is 2.64. The number of hydrogen-bond donors (Lipinski definition) is 6. The summed E-state index contributed by atoms with van der Waals surface area (Å²) in [6, 6.07) is 0.0646. The Morgan fingerprint density at radius 1 is 1.14 bits per heavy atom. The zero-order valence-corrected chi connectivity index (χ0v) is 24.3. The number of benzene rings is 1. The molecule has 0 aromatic heterocycles. The molecule has 2 fully saturated rings. The van der Waals surface area contributed by atoms with Crippen molar-refractivity contribution in [3.8, 4) is 5.75 Å². The molecule has 1 aromatic carbocycles. The van der Waals surface area contributed by atoms with Crippen LogP contribution in [-0.4, -0.2) is 113 Å². The number of fused-ring (bicyclic) bond motifs is 3. The van der Waals surface area contributed by atoms with Crippen molar-refractivity contribution in [3.05, 3.63) is 34.1 Å². The van der Waals surface area contributed by atoms with Crippen molar-refractivity contribution < 1.29 is 39.6 Å². The number of carbonyl (C=O) groups excluding carboxylic acids is 4. The summed E-state index contributed by atoms with van der Waals surface area (Å²) in [4.78, 5) is 57.7. The van der Waals surface area contributed by atoms with Crippen LogP contribution < -0.4 is 16.0 Å². The molecule has 0 bridgehead atoms. The van der Waals surface area contributed by atoms with Gasteiger partial charge in [0.1, 0.15) is 22.8 Å². The molecule has 2 amide bonds. The van der Waals surface area contributed by atoms with E-state index in [1.165, 1.54) is 4.90 Å². The van der Waals surface area contributed by atoms with Crippen LogP contribution in [0.1, 0.15) is 30.4 Å². The summed E-state index contributed by atoms with van der Waals surface area (Å²) < 4.78 is 0. The lowest BCUT2D eigenvalue weighted by molar-refractivity contribution is -0.153. The maximum atomic E-state index is 14.1. The minimum absolute atomic E-state index is 0.00804. The van der Waals surface area contributed by atoms with Crippen molar-refractivity contribution in [2.45, 2.75) is 43.4 Å². The summed E-state index contributed by atoms with van der Waals surface area (Å²) in [6.07, 6.45) is 1.65. The van der Waals surface area contributed by atoms with Gasteiger partial charge in [-0.3, -0.25) is 29.0 Å². The number of ketones is 2. The zero-order chi connectivity index (χ0) is 31.0. The van der Waals surface area contributed by atoms with Crippen molar-refractivity contribution in [1.29, 1.82) is 0 Å². The number of likely N-dealkylation sites (tertiary alicyclic amines) is 1. The first-order chi connectivity index (χ1) is 19.6. The largest absolute Gasteiger partial charge is 0.508 e. The molecule has 3 aliphatic carbocycles. The number of anilines is 2. The number of aliphatic hydroxyl groups is 3. The molecule has 0 radical (unpaired) electrons. The number of phenols is 1. The lowest BCUT2D eigenvalue weighted by Gasteiger charge is -2.50. The number of likely N-dealkylation sites (N-methyl/N-ethyl adjacent to an activating group) is 2. The summed E-state index contributed by atoms with van der Waals surface area (Å²) >= 11 is 0. The molecule has 1 aliphatic heterocycles. The molecule has 1 saturated heterocycles. The Morgan fingerprint density at radius 2 is 1.81 bits per heavy atom. The van der Waals surface area contributed by atoms with Gasteiger partial charge in [-0.25, -0.2) is 0 Å². The van der Waals surface area contributed by atoms with Crippen molar-refractivity contribution >= 4 is 40.5 Å². The number of nitrogens with two attached hydrogens (primary N) is 1. The van der Waals surface area contributed by atoms with Gasteiger partial charge in [-0.2, -0.15) is 0 Å². The van der Waals surface area contributed by atoms with Crippen molar-refractivity contribution in [3.63, 3.8) is 0 Å². The van der Waals surface area contributed by atoms with E-state index in [9.17, 15) is 39.6 Å². The highest BCUT2D eigenvalue weighted by Crippen LogP contribution is 2.54. The van der Waals surface area contributed by atoms with Crippen LogP contribution in [0, 0.1) is 11.8 Å². The van der Waals surface area contributed by atoms with Gasteiger partial charge in [0.15, 0.2) is 11.4 Å². The Morgan fingerprint density at radius 3 is 2.36 bits per heavy atom. The molecule has 4 aliphatic rings. The Hall–Kier alpha value is -3.94. The molecule has 1 saturated carbocycles. The number of Topliss-reactive ketones (excluding diaryl/α,β-unsaturated/α-hetero) is 2. The molecule has 13 nitrogen and oxygen atoms in total. The summed E-state index contributed by atoms with van der Waals surface area (Å²) in [5.41, 5.74) is 2.61. The van der Waals surface area contributed by atoms with Gasteiger partial charge in [-0.05, 0) is 70.9 Å². The van der Waals surface area contributed by atoms with Gasteiger partial charge in [-0.1, -0.05) is 0 Å². The predicted molar refractivity (Wildman–Crippen MR) is 153 cm³/mol. The van der Waals surface area contributed by atoms with Crippen molar-refractivity contribution in [2.75, 3.05) is 52.0 Å². The van der Waals surface area contributed by atoms with E-state index in [1.54, 1.807) is 39.2 Å². The second-order valence-corrected chi connectivity index (χ2v) is 12.1. The first-order valence-electron chi connectivity index (χ1n) is 13.8. The number of amides is 2. The number of aromatic hydroxyl groups is 1. The minimum Gasteiger partial charge on any atom is -0.508 e. The summed E-state index contributed by atoms with van der Waals surface area (Å²) in [5.74, 6) is -7.56. The molecule has 13 heteroatoms. The van der Waals surface area contributed by atoms with Gasteiger partial charge in [-0.15, -0.1) is 0 Å². The van der Waals surface area contributed by atoms with Gasteiger partial charge < -0.3 is 36.4 Å². The van der Waals surface area contributed by atoms with Crippen molar-refractivity contribution in [1.82, 2.24) is 9.80 Å². The third-order valence-corrected chi connectivity index (χ3v) is 9.26. The van der Waals surface area contributed by atoms with Gasteiger partial charge in [0, 0.05) is 31.3 Å². The van der Waals surface area contributed by atoms with E-state index in [0.29, 0.717) is 17.7 Å². The number of nitrogens with zero attached hydrogens (tertiary/aromatic N) is 3. The van der Waals surface area contributed by atoms with Crippen LogP contribution in [0.3, 0.4) is 0 Å². The smallest absolute Gasteiger partial charge is 0.255 e. The van der Waals surface area contributed by atoms with E-state index in [4.69, 9.17) is 5.73 Å². The summed E-state index contributed by atoms with van der Waals surface area (Å²) in [6.45, 7) is 0.760. The number of aliphatic hydroxyl groups excluding tert-OH is 2. The predicted octanol–water partition coefficient (Wildman–Crippen LogP) is 0.0627. The normalized spacial score (nSPS) is 29.4. The second kappa shape index (κ2) is 10.1. The average Bonchev–Trinajstić information content (AvgIpc) is 3.33. The van der Waals surface area contributed by atoms with Crippen LogP contribution in [0.15, 0.2) is 23.0 Å². The molecule has 42 heavy (non-hydrogen) atoms. The second-order valence-electron chi connectivity index (χ2n) is 12.1. The summed E-state index contributed by atoms with van der Waals surface area (Å²) in [7, 11) is 8.47. The molecule has 1 aromatic rings. The van der Waals surface area contributed by atoms with Gasteiger partial charge in [0.05, 0.1) is 23.3 Å². The van der Waals surface area contributed by atoms with Crippen LogP contribution in [0.2, 0.25) is 0 Å². The third kappa shape index (κ3) is 4.09. The topological polar surface area (TPSA) is 197 Å². The van der Waals surface area contributed by atoms with E-state index in [1.807, 2.05) is 11.9 Å². The van der Waals surface area contributed by atoms with Crippen molar-refractivity contribution in [2.24, 2.45) is 17.6 Å². The fourth-order valence-corrected chi connectivity index (χ4v) is 7.24. The Kier molecular flexibility index (Phi) is 7.11. The van der Waals surface area contributed by atoms with Gasteiger partial charge in [0.25, 0.3) is 5.91 Å². The third-order valence-electron chi connectivity index (χ3n) is 9.26. The van der Waals surface area contributed by atoms with E-state index < -0.39 is 69.8 Å². The minimum atomic E-state index is -2.72. The van der Waals surface area contributed by atoms with E-state index in [0.717, 1.165) is 13.0 Å². The fourth-order valence-electron chi connectivity index (χ4n) is 7.24. The van der Waals surface area contributed by atoms with Gasteiger partial charge in [0.2, 0.25) is 11.7 Å². The van der Waals surface area contributed by atoms with Crippen LogP contribution in [0.25, 0.3) is 5.76 Å². The zero-order valence-electron chi connectivity index (χ0n) is 24.3. The molecule has 7 N–H and O–H groups in total. The Balaban J connectivity index is 1.68. The molecule has 226 valence electrons. The number of nitrogens with one attached hydrogen (secondary N) is 1. The SMILES string of the molecule is CN(C)c1cc(NC(=O)[C@@H]2CCCN2C)c(O)c2c1C[C@H]1C[C@H]3[C@H](N(C)C)C(=O)C(C(N)=O)=C(O)[C@@]3(O)C(=O)C1=C2O. The maximum absolute atomic E-state index is 14.1. The lowest BCUT2D eigenvalue weighted by Crippen LogP contribution is -2.65. The monoisotopic (exact) mass is 583 g/mol. The van der Waals surface area contributed by atoms with Crippen LogP contribution in [0.5, 0.6) is 5.75 Å². The average molecular weight is 584 g/mol. The molecular formula is C29H37N5O8. The number of primary amides is 1. The molecule has 0 spiro atoms. The number of phenolic OH excluding ortho intramolecular Hbond substituents is 1. The van der Waals surface area contributed by atoms with E-state index >= 15 is 0 Å². The first kappa shape index (κ1) is 29.5. The van der Waals surface area contributed by atoms with Gasteiger partial charge >= 0.3 is 0 Å². The first-order valence-corrected chi connectivity index (χ1v) is 13.8. The number of rotatable bonds is 5. The standard InChI is InChI=1S/C29H37N5O8/c1-32(2)17-11-15(31-28(41)16-7-6-8-34(16)5)22(35)19-13(17)9-12-10-14-21(33(3)4)24(37)20(27(30)40)26(39)29(14,42)25(38)18(12)23(19)36/h11-12,14,16,21,35-36,39,42H,6-10H2,1-5H3,(H2,30,40)(H,31,41)/t12-,14-,16-,21-,29-/m0/s1. The van der Waals surface area contributed by atoms with Crippen LogP contribution >= 0.6 is 0 Å².